The monoisotopic (exact) mass is 402 g/mol. The van der Waals surface area contributed by atoms with Gasteiger partial charge < -0.3 is 4.74 Å². The number of tetrazole rings is 1. The molecular formula is C21H30N4O2S. The lowest BCUT2D eigenvalue weighted by Gasteiger charge is -2.36. The summed E-state index contributed by atoms with van der Waals surface area (Å²) in [7, 11) is 0. The van der Waals surface area contributed by atoms with Gasteiger partial charge in [-0.25, -0.2) is 0 Å². The molecule has 0 saturated heterocycles. The summed E-state index contributed by atoms with van der Waals surface area (Å²) in [5.41, 5.74) is 3.20. The van der Waals surface area contributed by atoms with Crippen molar-refractivity contribution in [1.29, 1.82) is 0 Å². The Hall–Kier alpha value is -1.89. The molecule has 3 rings (SSSR count). The van der Waals surface area contributed by atoms with Gasteiger partial charge in [-0.3, -0.25) is 4.79 Å². The van der Waals surface area contributed by atoms with Crippen LogP contribution in [0.25, 0.3) is 5.69 Å². The number of thioether (sulfide) groups is 1. The second-order valence-corrected chi connectivity index (χ2v) is 9.25. The van der Waals surface area contributed by atoms with Crippen LogP contribution in [0.3, 0.4) is 0 Å². The van der Waals surface area contributed by atoms with Gasteiger partial charge in [-0.1, -0.05) is 56.7 Å². The van der Waals surface area contributed by atoms with E-state index in [2.05, 4.69) is 49.3 Å². The molecule has 0 bridgehead atoms. The first kappa shape index (κ1) is 20.8. The molecule has 6 nitrogen and oxygen atoms in total. The molecule has 0 spiro atoms. The van der Waals surface area contributed by atoms with E-state index >= 15 is 0 Å². The van der Waals surface area contributed by atoms with Crippen LogP contribution in [0.1, 0.15) is 51.2 Å². The van der Waals surface area contributed by atoms with Crippen molar-refractivity contribution in [3.8, 4) is 5.69 Å². The standard InChI is InChI=1S/C21H30N4O2S/c1-13(2)17-8-6-15(4)11-19(17)27-20(26)12-28-21-22-23-24-25(21)18-9-7-14(3)10-16(18)5/h7,9-10,13,15,17,19H,6,8,11-12H2,1-5H3/t15-,17-,19+/m1/s1. The van der Waals surface area contributed by atoms with Crippen molar-refractivity contribution in [2.24, 2.45) is 17.8 Å². The maximum absolute atomic E-state index is 12.5. The van der Waals surface area contributed by atoms with Crippen LogP contribution in [0.2, 0.25) is 0 Å². The second-order valence-electron chi connectivity index (χ2n) is 8.31. The van der Waals surface area contributed by atoms with Crippen molar-refractivity contribution < 1.29 is 9.53 Å². The Kier molecular flexibility index (Phi) is 6.75. The highest BCUT2D eigenvalue weighted by Gasteiger charge is 2.33. The Balaban J connectivity index is 1.63. The van der Waals surface area contributed by atoms with Crippen molar-refractivity contribution in [2.45, 2.75) is 65.1 Å². The smallest absolute Gasteiger partial charge is 0.316 e. The van der Waals surface area contributed by atoms with E-state index in [1.54, 1.807) is 4.68 Å². The third-order valence-corrected chi connectivity index (χ3v) is 6.48. The summed E-state index contributed by atoms with van der Waals surface area (Å²) in [6.45, 7) is 10.8. The fourth-order valence-electron chi connectivity index (χ4n) is 4.04. The van der Waals surface area contributed by atoms with Gasteiger partial charge in [0.1, 0.15) is 6.10 Å². The summed E-state index contributed by atoms with van der Waals surface area (Å²) in [6, 6.07) is 6.12. The molecule has 1 aliphatic carbocycles. The fraction of sp³-hybridized carbons (Fsp3) is 0.619. The van der Waals surface area contributed by atoms with E-state index in [1.165, 1.54) is 23.7 Å². The number of ether oxygens (including phenoxy) is 1. The number of hydrogen-bond acceptors (Lipinski definition) is 6. The molecule has 28 heavy (non-hydrogen) atoms. The first-order valence-electron chi connectivity index (χ1n) is 10.0. The zero-order valence-corrected chi connectivity index (χ0v) is 18.2. The number of benzene rings is 1. The van der Waals surface area contributed by atoms with Crippen molar-refractivity contribution in [2.75, 3.05) is 5.75 Å². The van der Waals surface area contributed by atoms with Gasteiger partial charge in [0.15, 0.2) is 0 Å². The van der Waals surface area contributed by atoms with Crippen molar-refractivity contribution >= 4 is 17.7 Å². The van der Waals surface area contributed by atoms with Gasteiger partial charge in [-0.15, -0.1) is 5.10 Å². The summed E-state index contributed by atoms with van der Waals surface area (Å²) < 4.78 is 7.57. The van der Waals surface area contributed by atoms with Gasteiger partial charge in [-0.2, -0.15) is 4.68 Å². The van der Waals surface area contributed by atoms with Crippen LogP contribution in [-0.4, -0.2) is 38.0 Å². The number of aryl methyl sites for hydroxylation is 2. The third-order valence-electron chi connectivity index (χ3n) is 5.58. The van der Waals surface area contributed by atoms with Crippen molar-refractivity contribution in [3.63, 3.8) is 0 Å². The van der Waals surface area contributed by atoms with Crippen molar-refractivity contribution in [1.82, 2.24) is 20.2 Å². The van der Waals surface area contributed by atoms with Crippen LogP contribution in [0, 0.1) is 31.6 Å². The zero-order chi connectivity index (χ0) is 20.3. The van der Waals surface area contributed by atoms with Gasteiger partial charge in [0, 0.05) is 0 Å². The minimum absolute atomic E-state index is 0.0205. The molecule has 0 radical (unpaired) electrons. The SMILES string of the molecule is Cc1ccc(-n2nnnc2SCC(=O)O[C@H]2C[C@H](C)CC[C@@H]2C(C)C)c(C)c1. The molecule has 7 heteroatoms. The lowest BCUT2D eigenvalue weighted by Crippen LogP contribution is -2.36. The van der Waals surface area contributed by atoms with Gasteiger partial charge in [0.2, 0.25) is 5.16 Å². The minimum Gasteiger partial charge on any atom is -0.461 e. The average molecular weight is 403 g/mol. The predicted molar refractivity (Wildman–Crippen MR) is 111 cm³/mol. The molecule has 1 heterocycles. The normalized spacial score (nSPS) is 22.4. The largest absolute Gasteiger partial charge is 0.461 e. The lowest BCUT2D eigenvalue weighted by atomic mass is 9.75. The van der Waals surface area contributed by atoms with Gasteiger partial charge in [0.05, 0.1) is 11.4 Å². The number of aromatic nitrogens is 4. The van der Waals surface area contributed by atoms with Crippen LogP contribution in [0.15, 0.2) is 23.4 Å². The molecule has 0 aliphatic heterocycles. The molecule has 3 atom stereocenters. The van der Waals surface area contributed by atoms with Gasteiger partial charge in [-0.05, 0) is 66.5 Å². The molecule has 1 aliphatic rings. The van der Waals surface area contributed by atoms with E-state index in [4.69, 9.17) is 4.74 Å². The Morgan fingerprint density at radius 2 is 2.11 bits per heavy atom. The molecular weight excluding hydrogens is 372 g/mol. The van der Waals surface area contributed by atoms with E-state index in [9.17, 15) is 4.79 Å². The molecule has 2 aromatic rings. The topological polar surface area (TPSA) is 69.9 Å². The van der Waals surface area contributed by atoms with Crippen LogP contribution in [0.5, 0.6) is 0 Å². The summed E-state index contributed by atoms with van der Waals surface area (Å²) in [5, 5.41) is 12.6. The maximum atomic E-state index is 12.5. The number of carbonyl (C=O) groups is 1. The summed E-state index contributed by atoms with van der Waals surface area (Å²) in [5.74, 6) is 1.60. The molecule has 0 N–H and O–H groups in total. The maximum Gasteiger partial charge on any atom is 0.316 e. The Morgan fingerprint density at radius 1 is 1.32 bits per heavy atom. The van der Waals surface area contributed by atoms with E-state index in [0.717, 1.165) is 24.1 Å². The fourth-order valence-corrected chi connectivity index (χ4v) is 4.71. The molecule has 0 unspecified atom stereocenters. The van der Waals surface area contributed by atoms with Crippen LogP contribution < -0.4 is 0 Å². The Labute approximate surface area is 171 Å². The van der Waals surface area contributed by atoms with E-state index in [-0.39, 0.29) is 17.8 Å². The average Bonchev–Trinajstić information content (AvgIpc) is 3.08. The first-order valence-corrected chi connectivity index (χ1v) is 11.0. The highest BCUT2D eigenvalue weighted by molar-refractivity contribution is 7.99. The van der Waals surface area contributed by atoms with Gasteiger partial charge in [0.25, 0.3) is 0 Å². The van der Waals surface area contributed by atoms with E-state index < -0.39 is 0 Å². The molecule has 152 valence electrons. The van der Waals surface area contributed by atoms with E-state index in [1.807, 2.05) is 19.1 Å². The third kappa shape index (κ3) is 4.93. The minimum atomic E-state index is -0.190. The molecule has 1 aromatic heterocycles. The molecule has 1 aromatic carbocycles. The number of carbonyl (C=O) groups excluding carboxylic acids is 1. The van der Waals surface area contributed by atoms with Crippen LogP contribution >= 0.6 is 11.8 Å². The summed E-state index contributed by atoms with van der Waals surface area (Å²) >= 11 is 1.32. The quantitative estimate of drug-likeness (QED) is 0.528. The van der Waals surface area contributed by atoms with E-state index in [0.29, 0.717) is 22.9 Å². The molecule has 0 amide bonds. The number of esters is 1. The van der Waals surface area contributed by atoms with Gasteiger partial charge >= 0.3 is 5.97 Å². The Bertz CT molecular complexity index is 820. The highest BCUT2D eigenvalue weighted by Crippen LogP contribution is 2.35. The number of hydrogen-bond donors (Lipinski definition) is 0. The van der Waals surface area contributed by atoms with Crippen LogP contribution in [-0.2, 0) is 9.53 Å². The lowest BCUT2D eigenvalue weighted by molar-refractivity contribution is -0.152. The summed E-state index contributed by atoms with van der Waals surface area (Å²) in [6.07, 6.45) is 3.33. The predicted octanol–water partition coefficient (Wildman–Crippen LogP) is 4.38. The highest BCUT2D eigenvalue weighted by atomic mass is 32.2. The summed E-state index contributed by atoms with van der Waals surface area (Å²) in [4.78, 5) is 12.5. The van der Waals surface area contributed by atoms with Crippen molar-refractivity contribution in [3.05, 3.63) is 29.3 Å². The number of nitrogens with zero attached hydrogens (tertiary/aromatic N) is 4. The van der Waals surface area contributed by atoms with Crippen LogP contribution in [0.4, 0.5) is 0 Å². The second kappa shape index (κ2) is 9.07. The molecule has 1 saturated carbocycles. The first-order chi connectivity index (χ1) is 13.3. The number of rotatable bonds is 6. The Morgan fingerprint density at radius 3 is 2.82 bits per heavy atom. The zero-order valence-electron chi connectivity index (χ0n) is 17.4. The molecule has 1 fully saturated rings.